The number of carbonyl (C=O) groups excluding carboxylic acids is 2. The fourth-order valence-electron chi connectivity index (χ4n) is 5.88. The van der Waals surface area contributed by atoms with Crippen LogP contribution in [0.4, 0.5) is 11.8 Å². The zero-order chi connectivity index (χ0) is 29.2. The zero-order valence-corrected chi connectivity index (χ0v) is 25.0. The van der Waals surface area contributed by atoms with Gasteiger partial charge in [-0.25, -0.2) is 4.98 Å². The van der Waals surface area contributed by atoms with E-state index in [9.17, 15) is 9.59 Å². The predicted octanol–water partition coefficient (Wildman–Crippen LogP) is 6.85. The van der Waals surface area contributed by atoms with Crippen molar-refractivity contribution < 1.29 is 9.59 Å². The molecule has 42 heavy (non-hydrogen) atoms. The molecule has 0 bridgehead atoms. The average molecular weight is 578 g/mol. The molecule has 1 amide bonds. The van der Waals surface area contributed by atoms with Crippen LogP contribution in [0.1, 0.15) is 56.8 Å². The van der Waals surface area contributed by atoms with Gasteiger partial charge in [-0.15, -0.1) is 11.3 Å². The van der Waals surface area contributed by atoms with Crippen LogP contribution in [0.5, 0.6) is 0 Å². The third-order valence-electron chi connectivity index (χ3n) is 8.20. The molecule has 0 atom stereocenters. The number of ketones is 1. The molecule has 8 heteroatoms. The Balaban J connectivity index is 1.07. The number of thiophene rings is 1. The van der Waals surface area contributed by atoms with Gasteiger partial charge in [-0.3, -0.25) is 9.59 Å². The van der Waals surface area contributed by atoms with Crippen LogP contribution in [0.2, 0.25) is 0 Å². The van der Waals surface area contributed by atoms with Crippen molar-refractivity contribution in [3.05, 3.63) is 94.4 Å². The second-order valence-electron chi connectivity index (χ2n) is 11.3. The van der Waals surface area contributed by atoms with Gasteiger partial charge in [-0.1, -0.05) is 48.5 Å². The molecular weight excluding hydrogens is 542 g/mol. The van der Waals surface area contributed by atoms with E-state index in [1.165, 1.54) is 11.3 Å². The summed E-state index contributed by atoms with van der Waals surface area (Å²) in [5.74, 6) is 1.65. The maximum absolute atomic E-state index is 13.6. The highest BCUT2D eigenvalue weighted by Gasteiger charge is 2.25. The van der Waals surface area contributed by atoms with E-state index >= 15 is 0 Å². The molecule has 1 aliphatic carbocycles. The number of fused-ring (bicyclic) bond motifs is 2. The number of hydrogen-bond acceptors (Lipinski definition) is 7. The van der Waals surface area contributed by atoms with E-state index < -0.39 is 0 Å². The molecule has 0 spiro atoms. The number of carbonyl (C=O) groups is 2. The van der Waals surface area contributed by atoms with Crippen molar-refractivity contribution in [2.75, 3.05) is 30.9 Å². The molecule has 2 heterocycles. The summed E-state index contributed by atoms with van der Waals surface area (Å²) in [5, 5.41) is 8.80. The first-order chi connectivity index (χ1) is 20.4. The van der Waals surface area contributed by atoms with E-state index in [0.29, 0.717) is 34.4 Å². The summed E-state index contributed by atoms with van der Waals surface area (Å²) in [6.07, 6.45) is 3.95. The van der Waals surface area contributed by atoms with Crippen LogP contribution in [0.25, 0.3) is 21.0 Å². The van der Waals surface area contributed by atoms with Crippen LogP contribution >= 0.6 is 11.3 Å². The largest absolute Gasteiger partial charge is 0.362 e. The molecule has 1 fully saturated rings. The Morgan fingerprint density at radius 2 is 1.52 bits per heavy atom. The van der Waals surface area contributed by atoms with Gasteiger partial charge in [0, 0.05) is 42.3 Å². The number of nitrogens with zero attached hydrogens (tertiary/aromatic N) is 3. The van der Waals surface area contributed by atoms with Gasteiger partial charge in [0.15, 0.2) is 0 Å². The maximum atomic E-state index is 13.6. The second-order valence-corrected chi connectivity index (χ2v) is 12.3. The third-order valence-corrected chi connectivity index (χ3v) is 9.48. The molecule has 6 rings (SSSR count). The van der Waals surface area contributed by atoms with Crippen molar-refractivity contribution in [3.63, 3.8) is 0 Å². The molecule has 5 aromatic rings. The van der Waals surface area contributed by atoms with Gasteiger partial charge < -0.3 is 15.5 Å². The summed E-state index contributed by atoms with van der Waals surface area (Å²) in [7, 11) is 3.99. The highest BCUT2D eigenvalue weighted by atomic mass is 32.1. The molecule has 1 saturated carbocycles. The van der Waals surface area contributed by atoms with Crippen LogP contribution < -0.4 is 15.5 Å². The zero-order valence-electron chi connectivity index (χ0n) is 24.2. The Morgan fingerprint density at radius 3 is 2.26 bits per heavy atom. The standard InChI is InChI=1S/C34H35N5O2S/c1-21-24-10-7-9-15-29(24)42-31(21)30(40)25-11-4-5-12-26(25)33(41)35-20-22-16-18-23(19-17-22)36-34-37-28-14-8-6-13-27(28)32(38-34)39(2)3/h4-15,22-23H,16-20H2,1-3H3,(H,35,41)(H,36,37,38)/t22-,23+. The number of benzene rings is 3. The van der Waals surface area contributed by atoms with Crippen molar-refractivity contribution >= 4 is 55.8 Å². The van der Waals surface area contributed by atoms with Gasteiger partial charge >= 0.3 is 0 Å². The fourth-order valence-corrected chi connectivity index (χ4v) is 7.05. The lowest BCUT2D eigenvalue weighted by molar-refractivity contribution is 0.0933. The molecule has 2 N–H and O–H groups in total. The molecule has 214 valence electrons. The second kappa shape index (κ2) is 11.9. The highest BCUT2D eigenvalue weighted by molar-refractivity contribution is 7.21. The van der Waals surface area contributed by atoms with Gasteiger partial charge in [0.05, 0.1) is 16.0 Å². The normalized spacial score (nSPS) is 16.8. The topological polar surface area (TPSA) is 87.2 Å². The monoisotopic (exact) mass is 577 g/mol. The number of nitrogens with one attached hydrogen (secondary N) is 2. The summed E-state index contributed by atoms with van der Waals surface area (Å²) in [4.78, 5) is 39.2. The summed E-state index contributed by atoms with van der Waals surface area (Å²) in [6.45, 7) is 2.57. The lowest BCUT2D eigenvalue weighted by Crippen LogP contribution is -2.34. The minimum atomic E-state index is -0.196. The third kappa shape index (κ3) is 5.59. The van der Waals surface area contributed by atoms with E-state index in [2.05, 4.69) is 10.6 Å². The lowest BCUT2D eigenvalue weighted by Gasteiger charge is -2.29. The first kappa shape index (κ1) is 27.8. The van der Waals surface area contributed by atoms with Crippen molar-refractivity contribution in [1.29, 1.82) is 0 Å². The van der Waals surface area contributed by atoms with E-state index in [0.717, 1.165) is 58.1 Å². The van der Waals surface area contributed by atoms with Crippen LogP contribution in [0.15, 0.2) is 72.8 Å². The lowest BCUT2D eigenvalue weighted by atomic mass is 9.86. The summed E-state index contributed by atoms with van der Waals surface area (Å²) < 4.78 is 1.08. The van der Waals surface area contributed by atoms with Crippen molar-refractivity contribution in [3.8, 4) is 0 Å². The van der Waals surface area contributed by atoms with Crippen LogP contribution in [0, 0.1) is 12.8 Å². The van der Waals surface area contributed by atoms with Gasteiger partial charge in [-0.2, -0.15) is 4.98 Å². The van der Waals surface area contributed by atoms with Gasteiger partial charge in [0.1, 0.15) is 5.82 Å². The van der Waals surface area contributed by atoms with E-state index in [-0.39, 0.29) is 17.7 Å². The average Bonchev–Trinajstić information content (AvgIpc) is 3.36. The molecule has 0 saturated heterocycles. The minimum Gasteiger partial charge on any atom is -0.362 e. The first-order valence-electron chi connectivity index (χ1n) is 14.5. The number of rotatable bonds is 8. The van der Waals surface area contributed by atoms with E-state index in [1.54, 1.807) is 12.1 Å². The molecule has 3 aromatic carbocycles. The summed E-state index contributed by atoms with van der Waals surface area (Å²) in [5.41, 5.74) is 2.77. The number of aromatic nitrogens is 2. The van der Waals surface area contributed by atoms with Gasteiger partial charge in [0.25, 0.3) is 5.91 Å². The predicted molar refractivity (Wildman–Crippen MR) is 172 cm³/mol. The molecule has 1 aliphatic rings. The highest BCUT2D eigenvalue weighted by Crippen LogP contribution is 2.33. The summed E-state index contributed by atoms with van der Waals surface area (Å²) >= 11 is 1.49. The quantitative estimate of drug-likeness (QED) is 0.196. The number of aryl methyl sites for hydroxylation is 1. The Labute approximate surface area is 250 Å². The van der Waals surface area contributed by atoms with Crippen LogP contribution in [0.3, 0.4) is 0 Å². The molecule has 0 aliphatic heterocycles. The Morgan fingerprint density at radius 1 is 0.857 bits per heavy atom. The minimum absolute atomic E-state index is 0.0978. The number of amides is 1. The summed E-state index contributed by atoms with van der Waals surface area (Å²) in [6, 6.07) is 23.5. The molecule has 7 nitrogen and oxygen atoms in total. The van der Waals surface area contributed by atoms with Crippen molar-refractivity contribution in [2.24, 2.45) is 5.92 Å². The Bertz CT molecular complexity index is 1770. The van der Waals surface area contributed by atoms with Crippen molar-refractivity contribution in [1.82, 2.24) is 15.3 Å². The maximum Gasteiger partial charge on any atom is 0.252 e. The van der Waals surface area contributed by atoms with Gasteiger partial charge in [-0.05, 0) is 73.7 Å². The fraction of sp³-hybridized carbons (Fsp3) is 0.294. The first-order valence-corrected chi connectivity index (χ1v) is 15.3. The number of anilines is 2. The van der Waals surface area contributed by atoms with E-state index in [1.807, 2.05) is 86.6 Å². The van der Waals surface area contributed by atoms with Crippen molar-refractivity contribution in [2.45, 2.75) is 38.6 Å². The number of para-hydroxylation sites is 1. The number of hydrogen-bond donors (Lipinski definition) is 2. The smallest absolute Gasteiger partial charge is 0.252 e. The Kier molecular flexibility index (Phi) is 7.89. The molecule has 2 aromatic heterocycles. The molecule has 0 unspecified atom stereocenters. The molecular formula is C34H35N5O2S. The van der Waals surface area contributed by atoms with Crippen LogP contribution in [-0.4, -0.2) is 48.3 Å². The van der Waals surface area contributed by atoms with E-state index in [4.69, 9.17) is 9.97 Å². The Hall–Kier alpha value is -4.30. The van der Waals surface area contributed by atoms with Gasteiger partial charge in [0.2, 0.25) is 11.7 Å². The SMILES string of the molecule is Cc1c(C(=O)c2ccccc2C(=O)NC[C@H]2CC[C@@H](Nc3nc(N(C)C)c4ccccc4n3)CC2)sc2ccccc12. The van der Waals surface area contributed by atoms with Crippen LogP contribution in [-0.2, 0) is 0 Å². The molecule has 0 radical (unpaired) electrons.